The molecule has 0 radical (unpaired) electrons. The van der Waals surface area contributed by atoms with E-state index in [1.54, 1.807) is 6.08 Å². The van der Waals surface area contributed by atoms with Crippen molar-refractivity contribution in [3.63, 3.8) is 0 Å². The fraction of sp³-hybridized carbons (Fsp3) is 0.235. The van der Waals surface area contributed by atoms with E-state index in [0.29, 0.717) is 25.8 Å². The lowest BCUT2D eigenvalue weighted by Gasteiger charge is -2.31. The van der Waals surface area contributed by atoms with Gasteiger partial charge in [0.05, 0.1) is 0 Å². The number of allylic oxidation sites excluding steroid dienone is 4. The summed E-state index contributed by atoms with van der Waals surface area (Å²) in [6.45, 7) is 4.16. The van der Waals surface area contributed by atoms with Crippen LogP contribution in [-0.2, 0) is 9.59 Å². The van der Waals surface area contributed by atoms with Crippen molar-refractivity contribution in [2.24, 2.45) is 0 Å². The molecule has 0 aliphatic carbocycles. The van der Waals surface area contributed by atoms with Gasteiger partial charge in [0.2, 0.25) is 5.91 Å². The Balaban J connectivity index is 1.50. The molecule has 1 aliphatic heterocycles. The van der Waals surface area contributed by atoms with E-state index < -0.39 is 12.0 Å². The molecule has 1 aliphatic rings. The zero-order valence-corrected chi connectivity index (χ0v) is 22.1. The summed E-state index contributed by atoms with van der Waals surface area (Å²) in [7, 11) is 0. The molecular weight excluding hydrogens is 484 g/mol. The molecule has 1 heterocycles. The number of nitrogens with one attached hydrogen (secondary N) is 1. The van der Waals surface area contributed by atoms with Crippen molar-refractivity contribution < 1.29 is 14.7 Å². The van der Waals surface area contributed by atoms with Crippen molar-refractivity contribution in [3.8, 4) is 0 Å². The number of carboxylic acids is 1. The number of amides is 1. The third-order valence-electron chi connectivity index (χ3n) is 7.22. The van der Waals surface area contributed by atoms with Crippen molar-refractivity contribution >= 4 is 11.9 Å². The maximum atomic E-state index is 13.3. The molecule has 0 spiro atoms. The van der Waals surface area contributed by atoms with Gasteiger partial charge in [0.25, 0.3) is 0 Å². The average Bonchev–Trinajstić information content (AvgIpc) is 3.38. The second-order valence-electron chi connectivity index (χ2n) is 9.84. The largest absolute Gasteiger partial charge is 0.480 e. The summed E-state index contributed by atoms with van der Waals surface area (Å²) < 4.78 is 0. The van der Waals surface area contributed by atoms with Crippen LogP contribution in [0.1, 0.15) is 47.9 Å². The molecule has 4 rings (SSSR count). The number of hydrogen-bond acceptors (Lipinski definition) is 3. The summed E-state index contributed by atoms with van der Waals surface area (Å²) in [6, 6.07) is 29.0. The monoisotopic (exact) mass is 520 g/mol. The van der Waals surface area contributed by atoms with Crippen molar-refractivity contribution in [1.29, 1.82) is 0 Å². The third-order valence-corrected chi connectivity index (χ3v) is 7.22. The number of carboxylic acid groups (broad SMARTS) is 1. The van der Waals surface area contributed by atoms with Crippen LogP contribution in [0.5, 0.6) is 0 Å². The number of carbonyl (C=O) groups excluding carboxylic acids is 1. The lowest BCUT2D eigenvalue weighted by atomic mass is 9.88. The molecule has 5 heteroatoms. The molecule has 1 saturated heterocycles. The Labute approximate surface area is 231 Å². The van der Waals surface area contributed by atoms with E-state index >= 15 is 0 Å². The molecule has 0 aromatic heterocycles. The fourth-order valence-electron chi connectivity index (χ4n) is 5.39. The van der Waals surface area contributed by atoms with Gasteiger partial charge in [-0.2, -0.15) is 0 Å². The van der Waals surface area contributed by atoms with Crippen molar-refractivity contribution in [2.45, 2.75) is 43.3 Å². The molecule has 5 nitrogen and oxygen atoms in total. The molecule has 0 bridgehead atoms. The summed E-state index contributed by atoms with van der Waals surface area (Å²) in [5.74, 6) is -1.02. The van der Waals surface area contributed by atoms with Crippen LogP contribution < -0.4 is 5.32 Å². The molecule has 0 saturated carbocycles. The highest BCUT2D eigenvalue weighted by Gasteiger charge is 2.41. The molecule has 200 valence electrons. The summed E-state index contributed by atoms with van der Waals surface area (Å²) in [5, 5.41) is 13.3. The van der Waals surface area contributed by atoms with Gasteiger partial charge >= 0.3 is 5.97 Å². The highest BCUT2D eigenvalue weighted by molar-refractivity contribution is 5.79. The van der Waals surface area contributed by atoms with Crippen molar-refractivity contribution in [1.82, 2.24) is 10.2 Å². The smallest absolute Gasteiger partial charge is 0.321 e. The van der Waals surface area contributed by atoms with Crippen LogP contribution in [0.15, 0.2) is 128 Å². The Hall–Kier alpha value is -4.22. The highest BCUT2D eigenvalue weighted by atomic mass is 16.4. The Bertz CT molecular complexity index is 1230. The molecule has 3 aromatic carbocycles. The quantitative estimate of drug-likeness (QED) is 0.276. The van der Waals surface area contributed by atoms with Crippen LogP contribution in [0.2, 0.25) is 0 Å². The summed E-state index contributed by atoms with van der Waals surface area (Å²) in [4.78, 5) is 27.7. The molecule has 1 amide bonds. The van der Waals surface area contributed by atoms with E-state index in [9.17, 15) is 14.7 Å². The van der Waals surface area contributed by atoms with Crippen molar-refractivity contribution in [2.75, 3.05) is 6.54 Å². The second kappa shape index (κ2) is 14.1. The zero-order chi connectivity index (χ0) is 27.5. The van der Waals surface area contributed by atoms with Gasteiger partial charge in [-0.15, -0.1) is 0 Å². The van der Waals surface area contributed by atoms with Crippen LogP contribution in [-0.4, -0.2) is 40.5 Å². The Kier molecular flexibility index (Phi) is 10.0. The Morgan fingerprint density at radius 3 is 1.97 bits per heavy atom. The van der Waals surface area contributed by atoms with Gasteiger partial charge < -0.3 is 10.4 Å². The fourth-order valence-corrected chi connectivity index (χ4v) is 5.39. The van der Waals surface area contributed by atoms with E-state index in [0.717, 1.165) is 16.7 Å². The molecule has 3 unspecified atom stereocenters. The standard InChI is InChI=1S/C34H36N2O3/c1-2-3-4-5-15-22-31(28-20-13-8-14-21-28)36-25-29(23-32(36)34(38)39)35-33(37)24-30(26-16-9-6-10-17-26)27-18-11-7-12-19-27/h2-21,29-32H,1,22-25H2,(H,35,37)(H,38,39)/b4-3-,15-5-. The minimum atomic E-state index is -0.866. The van der Waals surface area contributed by atoms with E-state index in [-0.39, 0.29) is 23.9 Å². The predicted octanol–water partition coefficient (Wildman–Crippen LogP) is 6.28. The maximum absolute atomic E-state index is 13.3. The van der Waals surface area contributed by atoms with Gasteiger partial charge in [0.15, 0.2) is 0 Å². The highest BCUT2D eigenvalue weighted by Crippen LogP contribution is 2.33. The van der Waals surface area contributed by atoms with Gasteiger partial charge in [0.1, 0.15) is 6.04 Å². The minimum absolute atomic E-state index is 0.0746. The second-order valence-corrected chi connectivity index (χ2v) is 9.84. The number of nitrogens with zero attached hydrogens (tertiary/aromatic N) is 1. The molecule has 2 N–H and O–H groups in total. The summed E-state index contributed by atoms with van der Waals surface area (Å²) in [6.07, 6.45) is 10.8. The number of likely N-dealkylation sites (tertiary alicyclic amines) is 1. The van der Waals surface area contributed by atoms with Gasteiger partial charge in [-0.1, -0.05) is 128 Å². The Morgan fingerprint density at radius 1 is 0.872 bits per heavy atom. The lowest BCUT2D eigenvalue weighted by molar-refractivity contribution is -0.143. The van der Waals surface area contributed by atoms with Gasteiger partial charge in [0, 0.05) is 31.0 Å². The molecule has 1 fully saturated rings. The topological polar surface area (TPSA) is 69.6 Å². The molecule has 3 atom stereocenters. The normalized spacial score (nSPS) is 18.5. The first-order chi connectivity index (χ1) is 19.1. The van der Waals surface area contributed by atoms with Crippen LogP contribution >= 0.6 is 0 Å². The van der Waals surface area contributed by atoms with E-state index in [1.165, 1.54) is 0 Å². The van der Waals surface area contributed by atoms with Crippen molar-refractivity contribution in [3.05, 3.63) is 145 Å². The predicted molar refractivity (Wildman–Crippen MR) is 156 cm³/mol. The van der Waals surface area contributed by atoms with Crippen LogP contribution in [0, 0.1) is 0 Å². The summed E-state index contributed by atoms with van der Waals surface area (Å²) >= 11 is 0. The number of hydrogen-bond donors (Lipinski definition) is 2. The van der Waals surface area contributed by atoms with E-state index in [4.69, 9.17) is 0 Å². The first-order valence-corrected chi connectivity index (χ1v) is 13.4. The van der Waals surface area contributed by atoms with Gasteiger partial charge in [-0.05, 0) is 29.5 Å². The number of carbonyl (C=O) groups is 2. The van der Waals surface area contributed by atoms with Crippen LogP contribution in [0.3, 0.4) is 0 Å². The van der Waals surface area contributed by atoms with Crippen LogP contribution in [0.4, 0.5) is 0 Å². The van der Waals surface area contributed by atoms with E-state index in [2.05, 4.69) is 11.9 Å². The molecule has 39 heavy (non-hydrogen) atoms. The molecular formula is C34H36N2O3. The number of rotatable bonds is 12. The number of aliphatic carboxylic acids is 1. The zero-order valence-electron chi connectivity index (χ0n) is 22.1. The maximum Gasteiger partial charge on any atom is 0.321 e. The van der Waals surface area contributed by atoms with Gasteiger partial charge in [-0.3, -0.25) is 14.5 Å². The minimum Gasteiger partial charge on any atom is -0.480 e. The third kappa shape index (κ3) is 7.65. The Morgan fingerprint density at radius 2 is 1.44 bits per heavy atom. The van der Waals surface area contributed by atoms with Gasteiger partial charge in [-0.25, -0.2) is 0 Å². The SMILES string of the molecule is C=C/C=C\C=C/CC(c1ccccc1)N1CC(NC(=O)CC(c2ccccc2)c2ccccc2)CC1C(=O)O. The van der Waals surface area contributed by atoms with Crippen LogP contribution in [0.25, 0.3) is 0 Å². The first kappa shape index (κ1) is 27.8. The summed E-state index contributed by atoms with van der Waals surface area (Å²) in [5.41, 5.74) is 3.22. The number of benzene rings is 3. The molecule has 3 aromatic rings. The lowest BCUT2D eigenvalue weighted by Crippen LogP contribution is -2.40. The average molecular weight is 521 g/mol. The van der Waals surface area contributed by atoms with E-state index in [1.807, 2.05) is 120 Å². The first-order valence-electron chi connectivity index (χ1n) is 13.4.